The summed E-state index contributed by atoms with van der Waals surface area (Å²) < 4.78 is 14.9. The molecule has 0 aliphatic carbocycles. The first kappa shape index (κ1) is 13.8. The van der Waals surface area contributed by atoms with E-state index in [9.17, 15) is 14.0 Å². The van der Waals surface area contributed by atoms with Crippen LogP contribution in [-0.2, 0) is 6.54 Å². The number of aliphatic hydroxyl groups excluding tert-OH is 1. The van der Waals surface area contributed by atoms with Crippen LogP contribution >= 0.6 is 0 Å². The van der Waals surface area contributed by atoms with Crippen LogP contribution in [-0.4, -0.2) is 21.5 Å². The fraction of sp³-hybridized carbons (Fsp3) is 0.143. The van der Waals surface area contributed by atoms with Gasteiger partial charge in [-0.25, -0.2) is 9.07 Å². The van der Waals surface area contributed by atoms with E-state index in [1.54, 1.807) is 6.07 Å². The standard InChI is InChI=1S/C14H11FN2O3/c15-12-8-10(2-1-7-18)3-4-11(12)9-17-14(20)6-5-13(19)16-17/h3-6,8,18H,7,9H2,(H,16,19). The number of benzene rings is 1. The highest BCUT2D eigenvalue weighted by atomic mass is 19.1. The topological polar surface area (TPSA) is 75.1 Å². The molecule has 0 amide bonds. The number of hydrogen-bond donors (Lipinski definition) is 2. The monoisotopic (exact) mass is 274 g/mol. The Balaban J connectivity index is 2.32. The third kappa shape index (κ3) is 3.22. The van der Waals surface area contributed by atoms with E-state index in [0.717, 1.165) is 16.8 Å². The van der Waals surface area contributed by atoms with Crippen molar-refractivity contribution >= 4 is 0 Å². The lowest BCUT2D eigenvalue weighted by Gasteiger charge is -2.06. The molecule has 2 aromatic rings. The molecule has 0 saturated heterocycles. The molecule has 6 heteroatoms. The van der Waals surface area contributed by atoms with Crippen LogP contribution in [0.15, 0.2) is 39.9 Å². The average molecular weight is 274 g/mol. The highest BCUT2D eigenvalue weighted by Gasteiger charge is 2.05. The molecule has 0 saturated carbocycles. The number of nitrogens with zero attached hydrogens (tertiary/aromatic N) is 1. The van der Waals surface area contributed by atoms with E-state index >= 15 is 0 Å². The van der Waals surface area contributed by atoms with Crippen molar-refractivity contribution in [2.24, 2.45) is 0 Å². The normalized spacial score (nSPS) is 9.90. The van der Waals surface area contributed by atoms with Gasteiger partial charge < -0.3 is 5.11 Å². The van der Waals surface area contributed by atoms with Crippen LogP contribution < -0.4 is 11.1 Å². The minimum atomic E-state index is -0.536. The Kier molecular flexibility index (Phi) is 4.13. The molecule has 0 fully saturated rings. The van der Waals surface area contributed by atoms with Gasteiger partial charge >= 0.3 is 0 Å². The maximum Gasteiger partial charge on any atom is 0.265 e. The summed E-state index contributed by atoms with van der Waals surface area (Å²) in [7, 11) is 0. The smallest absolute Gasteiger partial charge is 0.265 e. The summed E-state index contributed by atoms with van der Waals surface area (Å²) >= 11 is 0. The Bertz CT molecular complexity index is 796. The minimum Gasteiger partial charge on any atom is -0.384 e. The van der Waals surface area contributed by atoms with Gasteiger partial charge in [-0.2, -0.15) is 0 Å². The van der Waals surface area contributed by atoms with Gasteiger partial charge in [0.2, 0.25) is 0 Å². The van der Waals surface area contributed by atoms with Crippen LogP contribution in [0.4, 0.5) is 4.39 Å². The molecule has 0 spiro atoms. The molecule has 5 nitrogen and oxygen atoms in total. The third-order valence-corrected chi connectivity index (χ3v) is 2.58. The Morgan fingerprint density at radius 2 is 2.05 bits per heavy atom. The van der Waals surface area contributed by atoms with Gasteiger partial charge in [-0.3, -0.25) is 14.7 Å². The molecule has 1 heterocycles. The molecule has 102 valence electrons. The van der Waals surface area contributed by atoms with Crippen LogP contribution in [0.1, 0.15) is 11.1 Å². The molecule has 0 aliphatic heterocycles. The Labute approximate surface area is 113 Å². The van der Waals surface area contributed by atoms with Crippen molar-refractivity contribution in [1.82, 2.24) is 9.78 Å². The zero-order valence-corrected chi connectivity index (χ0v) is 10.4. The predicted molar refractivity (Wildman–Crippen MR) is 70.8 cm³/mol. The second-order valence-corrected chi connectivity index (χ2v) is 4.00. The SMILES string of the molecule is O=c1ccc(=O)n(Cc2ccc(C#CCO)cc2F)[nH]1. The molecule has 1 aromatic carbocycles. The van der Waals surface area contributed by atoms with Crippen molar-refractivity contribution in [1.29, 1.82) is 0 Å². The van der Waals surface area contributed by atoms with Gasteiger partial charge in [0.05, 0.1) is 6.54 Å². The molecule has 2 N–H and O–H groups in total. The molecule has 0 unspecified atom stereocenters. The molecule has 1 aromatic heterocycles. The Hall–Kier alpha value is -2.65. The van der Waals surface area contributed by atoms with Crippen molar-refractivity contribution in [2.75, 3.05) is 6.61 Å². The molecule has 0 aliphatic rings. The summed E-state index contributed by atoms with van der Waals surface area (Å²) in [5.41, 5.74) is -0.179. The van der Waals surface area contributed by atoms with E-state index in [1.165, 1.54) is 12.1 Å². The molecule has 2 rings (SSSR count). The van der Waals surface area contributed by atoms with Gasteiger partial charge in [-0.15, -0.1) is 0 Å². The number of H-pyrrole nitrogens is 1. The number of hydrogen-bond acceptors (Lipinski definition) is 3. The molecule has 20 heavy (non-hydrogen) atoms. The quantitative estimate of drug-likeness (QED) is 0.761. The lowest BCUT2D eigenvalue weighted by atomic mass is 10.1. The van der Waals surface area contributed by atoms with Crippen molar-refractivity contribution in [3.63, 3.8) is 0 Å². The lowest BCUT2D eigenvalue weighted by molar-refractivity contribution is 0.350. The average Bonchev–Trinajstić information content (AvgIpc) is 2.43. The number of halogens is 1. The van der Waals surface area contributed by atoms with Gasteiger partial charge in [-0.1, -0.05) is 17.9 Å². The third-order valence-electron chi connectivity index (χ3n) is 2.58. The van der Waals surface area contributed by atoms with Gasteiger partial charge in [0.25, 0.3) is 11.1 Å². The van der Waals surface area contributed by atoms with Gasteiger partial charge in [0.15, 0.2) is 0 Å². The maximum atomic E-state index is 13.9. The number of aliphatic hydroxyl groups is 1. The van der Waals surface area contributed by atoms with Gasteiger partial charge in [-0.05, 0) is 12.1 Å². The number of nitrogens with one attached hydrogen (secondary N) is 1. The van der Waals surface area contributed by atoms with Crippen molar-refractivity contribution in [3.05, 3.63) is 68.0 Å². The van der Waals surface area contributed by atoms with E-state index < -0.39 is 16.9 Å². The van der Waals surface area contributed by atoms with Crippen molar-refractivity contribution in [2.45, 2.75) is 6.54 Å². The van der Waals surface area contributed by atoms with Crippen LogP contribution in [0.25, 0.3) is 0 Å². The van der Waals surface area contributed by atoms with Gasteiger partial charge in [0.1, 0.15) is 12.4 Å². The first-order chi connectivity index (χ1) is 9.60. The summed E-state index contributed by atoms with van der Waals surface area (Å²) in [6, 6.07) is 6.51. The summed E-state index contributed by atoms with van der Waals surface area (Å²) in [4.78, 5) is 22.7. The van der Waals surface area contributed by atoms with Gasteiger partial charge in [0, 0.05) is 23.3 Å². The zero-order chi connectivity index (χ0) is 14.5. The van der Waals surface area contributed by atoms with Crippen LogP contribution in [0, 0.1) is 17.7 Å². The fourth-order valence-electron chi connectivity index (χ4n) is 1.65. The highest BCUT2D eigenvalue weighted by Crippen LogP contribution is 2.10. The van der Waals surface area contributed by atoms with E-state index in [0.29, 0.717) is 5.56 Å². The first-order valence-electron chi connectivity index (χ1n) is 5.78. The lowest BCUT2D eigenvalue weighted by Crippen LogP contribution is -2.28. The molecular weight excluding hydrogens is 263 g/mol. The number of aromatic nitrogens is 2. The highest BCUT2D eigenvalue weighted by molar-refractivity contribution is 5.37. The second-order valence-electron chi connectivity index (χ2n) is 4.00. The van der Waals surface area contributed by atoms with Crippen molar-refractivity contribution in [3.8, 4) is 11.8 Å². The number of rotatable bonds is 2. The van der Waals surface area contributed by atoms with Crippen LogP contribution in [0.5, 0.6) is 0 Å². The fourth-order valence-corrected chi connectivity index (χ4v) is 1.65. The zero-order valence-electron chi connectivity index (χ0n) is 10.4. The van der Waals surface area contributed by atoms with Crippen LogP contribution in [0.3, 0.4) is 0 Å². The number of aromatic amines is 1. The van der Waals surface area contributed by atoms with E-state index in [1.807, 2.05) is 0 Å². The van der Waals surface area contributed by atoms with Crippen molar-refractivity contribution < 1.29 is 9.50 Å². The second kappa shape index (κ2) is 5.99. The summed E-state index contributed by atoms with van der Waals surface area (Å²) in [5, 5.41) is 10.9. The Morgan fingerprint density at radius 3 is 2.75 bits per heavy atom. The molecule has 0 radical (unpaired) electrons. The maximum absolute atomic E-state index is 13.9. The van der Waals surface area contributed by atoms with Crippen LogP contribution in [0.2, 0.25) is 0 Å². The largest absolute Gasteiger partial charge is 0.384 e. The summed E-state index contributed by atoms with van der Waals surface area (Å²) in [6.07, 6.45) is 0. The van der Waals surface area contributed by atoms with E-state index in [-0.39, 0.29) is 18.7 Å². The van der Waals surface area contributed by atoms with E-state index in [2.05, 4.69) is 16.9 Å². The Morgan fingerprint density at radius 1 is 1.25 bits per heavy atom. The molecule has 0 atom stereocenters. The summed E-state index contributed by atoms with van der Waals surface area (Å²) in [6.45, 7) is -0.377. The summed E-state index contributed by atoms with van der Waals surface area (Å²) in [5.74, 6) is 4.46. The first-order valence-corrected chi connectivity index (χ1v) is 5.78. The predicted octanol–water partition coefficient (Wildman–Crippen LogP) is 0.0678. The minimum absolute atomic E-state index is 0.0749. The van der Waals surface area contributed by atoms with E-state index in [4.69, 9.17) is 5.11 Å². The molecular formula is C14H11FN2O3. The molecule has 0 bridgehead atoms.